The molecular formula is C14H17NO2S6. The first-order valence-corrected chi connectivity index (χ1v) is 12.4. The van der Waals surface area contributed by atoms with Crippen molar-refractivity contribution in [1.82, 2.24) is 5.32 Å². The first kappa shape index (κ1) is 18.5. The van der Waals surface area contributed by atoms with Gasteiger partial charge in [-0.15, -0.1) is 23.5 Å². The normalized spacial score (nSPS) is 22.5. The summed E-state index contributed by atoms with van der Waals surface area (Å²) in [6, 6.07) is -0.192. The van der Waals surface area contributed by atoms with Crippen molar-refractivity contribution < 1.29 is 9.90 Å². The van der Waals surface area contributed by atoms with Crippen LogP contribution in [0.5, 0.6) is 0 Å². The number of rotatable bonds is 4. The molecule has 0 saturated carbocycles. The number of carbonyl (C=O) groups is 1. The summed E-state index contributed by atoms with van der Waals surface area (Å²) in [7, 11) is 0. The van der Waals surface area contributed by atoms with Crippen molar-refractivity contribution in [3.63, 3.8) is 0 Å². The van der Waals surface area contributed by atoms with E-state index in [1.165, 1.54) is 28.5 Å². The fourth-order valence-corrected chi connectivity index (χ4v) is 10.3. The summed E-state index contributed by atoms with van der Waals surface area (Å²) in [6.45, 7) is 3.97. The van der Waals surface area contributed by atoms with E-state index in [2.05, 4.69) is 5.32 Å². The highest BCUT2D eigenvalue weighted by Crippen LogP contribution is 2.63. The minimum Gasteiger partial charge on any atom is -0.394 e. The Morgan fingerprint density at radius 3 is 2.35 bits per heavy atom. The zero-order valence-corrected chi connectivity index (χ0v) is 17.6. The SMILES string of the molecule is CC(C)[C@@H](CO)NC(=O)C1=CSC(=C2SC3=C(SCCS3)S2)S1. The third kappa shape index (κ3) is 4.48. The highest BCUT2D eigenvalue weighted by molar-refractivity contribution is 8.43. The molecule has 23 heavy (non-hydrogen) atoms. The van der Waals surface area contributed by atoms with Crippen molar-refractivity contribution in [2.45, 2.75) is 19.9 Å². The minimum absolute atomic E-state index is 0.0285. The molecule has 1 amide bonds. The summed E-state index contributed by atoms with van der Waals surface area (Å²) in [5, 5.41) is 14.2. The second-order valence-electron chi connectivity index (χ2n) is 5.26. The number of nitrogens with one attached hydrogen (secondary N) is 1. The number of amides is 1. The third-order valence-corrected chi connectivity index (χ3v) is 11.9. The summed E-state index contributed by atoms with van der Waals surface area (Å²) in [5.41, 5.74) is 0. The Balaban J connectivity index is 1.60. The van der Waals surface area contributed by atoms with E-state index in [1.807, 2.05) is 66.3 Å². The van der Waals surface area contributed by atoms with Crippen LogP contribution in [-0.4, -0.2) is 35.2 Å². The molecule has 0 aromatic rings. The highest BCUT2D eigenvalue weighted by Gasteiger charge is 2.30. The van der Waals surface area contributed by atoms with Gasteiger partial charge in [0.15, 0.2) is 0 Å². The fourth-order valence-electron chi connectivity index (χ4n) is 1.91. The number of hydrogen-bond donors (Lipinski definition) is 2. The van der Waals surface area contributed by atoms with Gasteiger partial charge < -0.3 is 10.4 Å². The average molecular weight is 424 g/mol. The van der Waals surface area contributed by atoms with Gasteiger partial charge in [-0.3, -0.25) is 4.79 Å². The molecule has 0 unspecified atom stereocenters. The third-order valence-electron chi connectivity index (χ3n) is 3.27. The van der Waals surface area contributed by atoms with Crippen LogP contribution in [0.3, 0.4) is 0 Å². The van der Waals surface area contributed by atoms with Gasteiger partial charge in [0.1, 0.15) is 0 Å². The van der Waals surface area contributed by atoms with Crippen LogP contribution in [0.1, 0.15) is 13.8 Å². The molecule has 0 saturated heterocycles. The molecule has 9 heteroatoms. The topological polar surface area (TPSA) is 49.3 Å². The van der Waals surface area contributed by atoms with Gasteiger partial charge in [0, 0.05) is 11.5 Å². The Labute approximate surface area is 162 Å². The maximum atomic E-state index is 12.4. The quantitative estimate of drug-likeness (QED) is 0.677. The number of carbonyl (C=O) groups excluding carboxylic acids is 1. The van der Waals surface area contributed by atoms with E-state index in [0.717, 1.165) is 4.91 Å². The summed E-state index contributed by atoms with van der Waals surface area (Å²) in [4.78, 5) is 13.1. The molecule has 1 atom stereocenters. The zero-order chi connectivity index (χ0) is 16.4. The Hall–Kier alpha value is 0.750. The maximum Gasteiger partial charge on any atom is 0.258 e. The lowest BCUT2D eigenvalue weighted by Gasteiger charge is -2.19. The van der Waals surface area contributed by atoms with E-state index in [0.29, 0.717) is 0 Å². The van der Waals surface area contributed by atoms with Crippen molar-refractivity contribution in [3.8, 4) is 0 Å². The summed E-state index contributed by atoms with van der Waals surface area (Å²) in [6.07, 6.45) is 0. The molecule has 0 bridgehead atoms. The molecule has 3 aliphatic heterocycles. The average Bonchev–Trinajstić information content (AvgIpc) is 3.17. The summed E-state index contributed by atoms with van der Waals surface area (Å²) in [5.74, 6) is 2.50. The van der Waals surface area contributed by atoms with E-state index < -0.39 is 0 Å². The lowest BCUT2D eigenvalue weighted by molar-refractivity contribution is -0.118. The standard InChI is InChI=1S/C14H17NO2S6/c1-7(2)8(5-16)15-10(17)9-6-20-13(21-9)14-22-11-12(23-14)19-4-3-18-11/h6-8,16H,3-5H2,1-2H3,(H,15,17)/t8-/m1/s1. The van der Waals surface area contributed by atoms with Crippen molar-refractivity contribution in [1.29, 1.82) is 0 Å². The van der Waals surface area contributed by atoms with E-state index in [4.69, 9.17) is 0 Å². The first-order chi connectivity index (χ1) is 11.1. The predicted molar refractivity (Wildman–Crippen MR) is 111 cm³/mol. The molecule has 0 aliphatic carbocycles. The molecule has 3 nitrogen and oxygen atoms in total. The van der Waals surface area contributed by atoms with E-state index in [1.54, 1.807) is 23.5 Å². The minimum atomic E-state index is -0.192. The van der Waals surface area contributed by atoms with Gasteiger partial charge in [0.2, 0.25) is 0 Å². The van der Waals surface area contributed by atoms with Crippen LogP contribution in [0.4, 0.5) is 0 Å². The summed E-state index contributed by atoms with van der Waals surface area (Å²) < 4.78 is 5.35. The van der Waals surface area contributed by atoms with Gasteiger partial charge in [-0.2, -0.15) is 0 Å². The molecule has 0 fully saturated rings. The molecule has 0 aromatic carbocycles. The number of hydrogen-bond acceptors (Lipinski definition) is 8. The molecule has 126 valence electrons. The Morgan fingerprint density at radius 1 is 1.13 bits per heavy atom. The second-order valence-corrected chi connectivity index (χ2v) is 12.5. The van der Waals surface area contributed by atoms with Gasteiger partial charge in [0.05, 0.1) is 34.5 Å². The summed E-state index contributed by atoms with van der Waals surface area (Å²) >= 11 is 10.8. The molecule has 2 N–H and O–H groups in total. The maximum absolute atomic E-state index is 12.4. The highest BCUT2D eigenvalue weighted by atomic mass is 32.3. The van der Waals surface area contributed by atoms with Gasteiger partial charge in [-0.1, -0.05) is 60.9 Å². The molecule has 3 rings (SSSR count). The van der Waals surface area contributed by atoms with Gasteiger partial charge in [0.25, 0.3) is 5.91 Å². The van der Waals surface area contributed by atoms with E-state index in [-0.39, 0.29) is 24.5 Å². The van der Waals surface area contributed by atoms with E-state index >= 15 is 0 Å². The van der Waals surface area contributed by atoms with Crippen molar-refractivity contribution in [2.24, 2.45) is 5.92 Å². The van der Waals surface area contributed by atoms with Crippen LogP contribution in [-0.2, 0) is 4.79 Å². The molecule has 3 aliphatic rings. The van der Waals surface area contributed by atoms with Gasteiger partial charge in [-0.25, -0.2) is 0 Å². The van der Waals surface area contributed by atoms with Crippen LogP contribution < -0.4 is 5.32 Å². The predicted octanol–water partition coefficient (Wildman–Crippen LogP) is 4.65. The zero-order valence-electron chi connectivity index (χ0n) is 12.7. The number of thioether (sulfide) groups is 6. The Morgan fingerprint density at radius 2 is 1.78 bits per heavy atom. The first-order valence-electron chi connectivity index (χ1n) is 7.14. The monoisotopic (exact) mass is 423 g/mol. The fraction of sp³-hybridized carbons (Fsp3) is 0.500. The smallest absolute Gasteiger partial charge is 0.258 e. The molecule has 3 heterocycles. The van der Waals surface area contributed by atoms with Gasteiger partial charge in [-0.05, 0) is 11.3 Å². The van der Waals surface area contributed by atoms with Crippen LogP contribution >= 0.6 is 70.6 Å². The molecule has 0 radical (unpaired) electrons. The van der Waals surface area contributed by atoms with Crippen LogP contribution in [0.2, 0.25) is 0 Å². The second kappa shape index (κ2) is 8.42. The van der Waals surface area contributed by atoms with Gasteiger partial charge >= 0.3 is 0 Å². The van der Waals surface area contributed by atoms with Crippen molar-refractivity contribution in [2.75, 3.05) is 18.1 Å². The van der Waals surface area contributed by atoms with Crippen molar-refractivity contribution >= 4 is 76.5 Å². The molecule has 0 spiro atoms. The largest absolute Gasteiger partial charge is 0.394 e. The van der Waals surface area contributed by atoms with E-state index in [9.17, 15) is 9.90 Å². The van der Waals surface area contributed by atoms with Crippen LogP contribution in [0.25, 0.3) is 0 Å². The number of aliphatic hydroxyl groups is 1. The Kier molecular flexibility index (Phi) is 6.79. The van der Waals surface area contributed by atoms with Crippen LogP contribution in [0.15, 0.2) is 27.3 Å². The lowest BCUT2D eigenvalue weighted by Crippen LogP contribution is -2.41. The Bertz CT molecular complexity index is 578. The van der Waals surface area contributed by atoms with Crippen LogP contribution in [0, 0.1) is 5.92 Å². The molecular weight excluding hydrogens is 407 g/mol. The molecule has 0 aromatic heterocycles. The lowest BCUT2D eigenvalue weighted by atomic mass is 10.1. The number of aliphatic hydroxyl groups excluding tert-OH is 1. The van der Waals surface area contributed by atoms with Crippen molar-refractivity contribution in [3.05, 3.63) is 27.3 Å².